The Morgan fingerprint density at radius 3 is 2.81 bits per heavy atom. The van der Waals surface area contributed by atoms with Crippen LogP contribution in [0.25, 0.3) is 0 Å². The molecule has 4 rings (SSSR count). The molecule has 3 heterocycles. The first-order valence-electron chi connectivity index (χ1n) is 8.70. The van der Waals surface area contributed by atoms with Crippen molar-refractivity contribution in [1.82, 2.24) is 15.4 Å². The van der Waals surface area contributed by atoms with Gasteiger partial charge in [-0.2, -0.15) is 5.48 Å². The number of methoxy groups -OCH3 is 1. The van der Waals surface area contributed by atoms with Gasteiger partial charge >= 0.3 is 6.09 Å². The zero-order valence-electron chi connectivity index (χ0n) is 15.0. The van der Waals surface area contributed by atoms with Gasteiger partial charge in [0.15, 0.2) is 0 Å². The summed E-state index contributed by atoms with van der Waals surface area (Å²) in [5.41, 5.74) is 10.2. The molecule has 0 saturated carbocycles. The summed E-state index contributed by atoms with van der Waals surface area (Å²) in [5.74, 6) is 0.777. The van der Waals surface area contributed by atoms with Gasteiger partial charge in [0, 0.05) is 23.8 Å². The van der Waals surface area contributed by atoms with Gasteiger partial charge in [-0.1, -0.05) is 12.1 Å². The van der Waals surface area contributed by atoms with Crippen LogP contribution in [0.1, 0.15) is 11.3 Å². The predicted molar refractivity (Wildman–Crippen MR) is 98.1 cm³/mol. The summed E-state index contributed by atoms with van der Waals surface area (Å²) < 4.78 is 5.23. The third-order valence-corrected chi connectivity index (χ3v) is 5.62. The molecule has 2 aromatic rings. The highest BCUT2D eigenvalue weighted by Gasteiger charge is 2.64. The molecule has 4 N–H and O–H groups in total. The number of hydrogen-bond acceptors (Lipinski definition) is 6. The fourth-order valence-electron chi connectivity index (χ4n) is 4.23. The first kappa shape index (κ1) is 17.6. The normalized spacial score (nSPS) is 26.8. The standard InChI is InChI=1S/C19H22N4O4/c1-26-15-4-2-13(3-5-15)9-18-10-23(17(24)25)11-19(18,22-27-12-18)16-8-14(20)6-7-21-16/h2-8,22H,9-12H2,1H3,(H2,20,21)(H,24,25). The van der Waals surface area contributed by atoms with E-state index < -0.39 is 17.0 Å². The minimum Gasteiger partial charge on any atom is -0.497 e. The molecule has 8 nitrogen and oxygen atoms in total. The molecule has 1 amide bonds. The Kier molecular flexibility index (Phi) is 4.16. The highest BCUT2D eigenvalue weighted by Crippen LogP contribution is 2.51. The van der Waals surface area contributed by atoms with E-state index >= 15 is 0 Å². The molecule has 2 aliphatic rings. The number of hydroxylamine groups is 1. The van der Waals surface area contributed by atoms with Gasteiger partial charge in [-0.15, -0.1) is 0 Å². The Hall–Kier alpha value is -2.84. The molecule has 1 aromatic heterocycles. The molecule has 0 radical (unpaired) electrons. The number of amides is 1. The molecule has 1 aromatic carbocycles. The number of nitrogens with zero attached hydrogens (tertiary/aromatic N) is 2. The van der Waals surface area contributed by atoms with Gasteiger partial charge in [-0.25, -0.2) is 4.79 Å². The first-order chi connectivity index (χ1) is 13.0. The second-order valence-corrected chi connectivity index (χ2v) is 7.21. The molecule has 8 heteroatoms. The van der Waals surface area contributed by atoms with Crippen molar-refractivity contribution in [3.8, 4) is 5.75 Å². The van der Waals surface area contributed by atoms with Crippen molar-refractivity contribution in [3.05, 3.63) is 53.9 Å². The van der Waals surface area contributed by atoms with Gasteiger partial charge < -0.3 is 25.3 Å². The summed E-state index contributed by atoms with van der Waals surface area (Å²) in [7, 11) is 1.63. The smallest absolute Gasteiger partial charge is 0.407 e. The van der Waals surface area contributed by atoms with Crippen molar-refractivity contribution < 1.29 is 19.5 Å². The molecule has 2 atom stereocenters. The number of ether oxygens (including phenoxy) is 1. The van der Waals surface area contributed by atoms with E-state index in [9.17, 15) is 9.90 Å². The Morgan fingerprint density at radius 1 is 1.37 bits per heavy atom. The van der Waals surface area contributed by atoms with E-state index in [1.807, 2.05) is 24.3 Å². The molecule has 142 valence electrons. The minimum absolute atomic E-state index is 0.245. The highest BCUT2D eigenvalue weighted by atomic mass is 16.7. The summed E-state index contributed by atoms with van der Waals surface area (Å²) in [4.78, 5) is 23.4. The molecule has 2 unspecified atom stereocenters. The maximum atomic E-state index is 11.7. The summed E-state index contributed by atoms with van der Waals surface area (Å²) in [6.45, 7) is 0.964. The fourth-order valence-corrected chi connectivity index (χ4v) is 4.23. The van der Waals surface area contributed by atoms with Crippen molar-refractivity contribution in [3.63, 3.8) is 0 Å². The van der Waals surface area contributed by atoms with Crippen LogP contribution in [0.2, 0.25) is 0 Å². The summed E-state index contributed by atoms with van der Waals surface area (Å²) in [5, 5.41) is 9.63. The molecule has 2 saturated heterocycles. The van der Waals surface area contributed by atoms with E-state index in [2.05, 4.69) is 10.5 Å². The number of nitrogen functional groups attached to an aromatic ring is 1. The molecular formula is C19H22N4O4. The number of carbonyl (C=O) groups is 1. The van der Waals surface area contributed by atoms with Crippen LogP contribution in [-0.4, -0.2) is 47.9 Å². The van der Waals surface area contributed by atoms with Crippen molar-refractivity contribution in [2.45, 2.75) is 12.0 Å². The summed E-state index contributed by atoms with van der Waals surface area (Å²) >= 11 is 0. The average molecular weight is 370 g/mol. The second-order valence-electron chi connectivity index (χ2n) is 7.21. The highest BCUT2D eigenvalue weighted by molar-refractivity contribution is 5.66. The number of nitrogens with one attached hydrogen (secondary N) is 1. The van der Waals surface area contributed by atoms with Crippen LogP contribution in [0, 0.1) is 5.41 Å². The van der Waals surface area contributed by atoms with Gasteiger partial charge in [0.2, 0.25) is 0 Å². The van der Waals surface area contributed by atoms with Crippen LogP contribution in [0.4, 0.5) is 10.5 Å². The lowest BCUT2D eigenvalue weighted by molar-refractivity contribution is 0.0454. The van der Waals surface area contributed by atoms with Gasteiger partial charge in [0.1, 0.15) is 11.3 Å². The van der Waals surface area contributed by atoms with Crippen LogP contribution >= 0.6 is 0 Å². The lowest BCUT2D eigenvalue weighted by atomic mass is 9.68. The third kappa shape index (κ3) is 2.77. The van der Waals surface area contributed by atoms with E-state index in [4.69, 9.17) is 15.3 Å². The quantitative estimate of drug-likeness (QED) is 0.750. The molecule has 0 spiro atoms. The molecule has 0 bridgehead atoms. The Morgan fingerprint density at radius 2 is 2.15 bits per heavy atom. The minimum atomic E-state index is -0.955. The SMILES string of the molecule is COc1ccc(CC23CONC2(c2cc(N)ccn2)CN(C(=O)O)C3)cc1. The number of anilines is 1. The van der Waals surface area contributed by atoms with Crippen molar-refractivity contribution in [1.29, 1.82) is 0 Å². The van der Waals surface area contributed by atoms with Gasteiger partial charge in [0.25, 0.3) is 0 Å². The van der Waals surface area contributed by atoms with Crippen LogP contribution < -0.4 is 16.0 Å². The van der Waals surface area contributed by atoms with E-state index in [1.54, 1.807) is 25.4 Å². The number of pyridine rings is 1. The number of carboxylic acid groups (broad SMARTS) is 1. The zero-order chi connectivity index (χ0) is 19.1. The van der Waals surface area contributed by atoms with Crippen molar-refractivity contribution in [2.24, 2.45) is 5.41 Å². The number of likely N-dealkylation sites (tertiary alicyclic amines) is 1. The van der Waals surface area contributed by atoms with E-state index in [0.29, 0.717) is 31.0 Å². The predicted octanol–water partition coefficient (Wildman–Crippen LogP) is 1.63. The molecule has 27 heavy (non-hydrogen) atoms. The van der Waals surface area contributed by atoms with E-state index in [0.717, 1.165) is 11.3 Å². The zero-order valence-corrected chi connectivity index (χ0v) is 15.0. The lowest BCUT2D eigenvalue weighted by Crippen LogP contribution is -2.50. The fraction of sp³-hybridized carbons (Fsp3) is 0.368. The molecular weight excluding hydrogens is 348 g/mol. The van der Waals surface area contributed by atoms with Crippen molar-refractivity contribution in [2.75, 3.05) is 32.5 Å². The van der Waals surface area contributed by atoms with E-state index in [1.165, 1.54) is 4.90 Å². The third-order valence-electron chi connectivity index (χ3n) is 5.62. The van der Waals surface area contributed by atoms with Crippen LogP contribution in [0.5, 0.6) is 5.75 Å². The summed E-state index contributed by atoms with van der Waals surface area (Å²) in [6, 6.07) is 11.3. The summed E-state index contributed by atoms with van der Waals surface area (Å²) in [6.07, 6.45) is 1.31. The van der Waals surface area contributed by atoms with Crippen LogP contribution in [0.15, 0.2) is 42.6 Å². The Labute approximate surface area is 156 Å². The topological polar surface area (TPSA) is 110 Å². The maximum absolute atomic E-state index is 11.7. The maximum Gasteiger partial charge on any atom is 0.407 e. The Bertz CT molecular complexity index is 859. The van der Waals surface area contributed by atoms with Gasteiger partial charge in [-0.05, 0) is 36.2 Å². The monoisotopic (exact) mass is 370 g/mol. The molecule has 0 aliphatic carbocycles. The second kappa shape index (κ2) is 6.40. The van der Waals surface area contributed by atoms with Gasteiger partial charge in [0.05, 0.1) is 26.0 Å². The largest absolute Gasteiger partial charge is 0.497 e. The number of benzene rings is 1. The molecule has 2 aliphatic heterocycles. The first-order valence-corrected chi connectivity index (χ1v) is 8.70. The number of nitrogens with two attached hydrogens (primary N) is 1. The van der Waals surface area contributed by atoms with Crippen molar-refractivity contribution >= 4 is 11.8 Å². The number of hydrogen-bond donors (Lipinski definition) is 3. The Balaban J connectivity index is 1.77. The number of aromatic nitrogens is 1. The average Bonchev–Trinajstić information content (AvgIpc) is 3.15. The van der Waals surface area contributed by atoms with Crippen LogP contribution in [0.3, 0.4) is 0 Å². The lowest BCUT2D eigenvalue weighted by Gasteiger charge is -2.36. The molecule has 2 fully saturated rings. The van der Waals surface area contributed by atoms with E-state index in [-0.39, 0.29) is 6.54 Å². The number of fused-ring (bicyclic) bond motifs is 1. The van der Waals surface area contributed by atoms with Gasteiger partial charge in [-0.3, -0.25) is 4.98 Å². The van der Waals surface area contributed by atoms with Crippen LogP contribution in [-0.2, 0) is 16.8 Å². The number of rotatable bonds is 4.